The van der Waals surface area contributed by atoms with Crippen LogP contribution in [0, 0.1) is 5.92 Å². The fourth-order valence-electron chi connectivity index (χ4n) is 3.15. The van der Waals surface area contributed by atoms with Gasteiger partial charge in [-0.05, 0) is 43.2 Å². The Morgan fingerprint density at radius 1 is 1.29 bits per heavy atom. The maximum atomic E-state index is 4.35. The molecule has 3 rings (SSSR count). The third-order valence-electron chi connectivity index (χ3n) is 4.66. The van der Waals surface area contributed by atoms with E-state index >= 15 is 0 Å². The predicted octanol–water partition coefficient (Wildman–Crippen LogP) is 2.72. The van der Waals surface area contributed by atoms with Gasteiger partial charge in [-0.1, -0.05) is 25.1 Å². The first kappa shape index (κ1) is 16.5. The van der Waals surface area contributed by atoms with Gasteiger partial charge in [0.25, 0.3) is 0 Å². The molecular weight excluding hydrogens is 300 g/mol. The summed E-state index contributed by atoms with van der Waals surface area (Å²) < 4.78 is 0. The third-order valence-corrected chi connectivity index (χ3v) is 4.66. The van der Waals surface area contributed by atoms with E-state index in [4.69, 9.17) is 0 Å². The predicted molar refractivity (Wildman–Crippen MR) is 96.6 cm³/mol. The Bertz CT molecular complexity index is 656. The second-order valence-corrected chi connectivity index (χ2v) is 6.56. The Morgan fingerprint density at radius 2 is 2.12 bits per heavy atom. The van der Waals surface area contributed by atoms with Crippen LogP contribution in [-0.2, 0) is 6.54 Å². The Morgan fingerprint density at radius 3 is 2.83 bits per heavy atom. The van der Waals surface area contributed by atoms with E-state index in [-0.39, 0.29) is 0 Å². The van der Waals surface area contributed by atoms with E-state index in [1.54, 1.807) is 0 Å². The fraction of sp³-hybridized carbons (Fsp3) is 0.500. The number of H-pyrrole nitrogens is 1. The Kier molecular flexibility index (Phi) is 5.46. The van der Waals surface area contributed by atoms with Crippen molar-refractivity contribution < 1.29 is 0 Å². The summed E-state index contributed by atoms with van der Waals surface area (Å²) in [6, 6.07) is 8.81. The van der Waals surface area contributed by atoms with E-state index in [2.05, 4.69) is 49.9 Å². The van der Waals surface area contributed by atoms with Gasteiger partial charge in [0, 0.05) is 25.2 Å². The minimum absolute atomic E-state index is 0.535. The molecule has 128 valence electrons. The molecule has 1 aliphatic rings. The van der Waals surface area contributed by atoms with Gasteiger partial charge in [0.2, 0.25) is 0 Å². The van der Waals surface area contributed by atoms with Crippen LogP contribution in [0.5, 0.6) is 0 Å². The number of benzene rings is 1. The van der Waals surface area contributed by atoms with Crippen molar-refractivity contribution in [3.05, 3.63) is 36.2 Å². The number of hydrogen-bond donors (Lipinski definition) is 3. The average molecular weight is 326 g/mol. The molecular formula is C18H26N6. The molecule has 0 atom stereocenters. The molecule has 0 unspecified atom stereocenters. The van der Waals surface area contributed by atoms with Gasteiger partial charge in [-0.3, -0.25) is 10.1 Å². The van der Waals surface area contributed by atoms with Gasteiger partial charge < -0.3 is 10.6 Å². The summed E-state index contributed by atoms with van der Waals surface area (Å²) in [4.78, 5) is 8.55. The number of aliphatic imine (C=N–C) groups is 1. The van der Waals surface area contributed by atoms with Crippen molar-refractivity contribution in [1.82, 2.24) is 25.8 Å². The van der Waals surface area contributed by atoms with Gasteiger partial charge in [-0.15, -0.1) is 0 Å². The molecule has 0 aliphatic heterocycles. The molecule has 0 bridgehead atoms. The number of nitrogens with one attached hydrogen (secondary N) is 3. The molecule has 1 saturated carbocycles. The molecule has 6 heteroatoms. The molecule has 2 aromatic rings. The van der Waals surface area contributed by atoms with Crippen molar-refractivity contribution in [2.75, 3.05) is 7.05 Å². The molecule has 6 nitrogen and oxygen atoms in total. The first-order valence-electron chi connectivity index (χ1n) is 8.66. The van der Waals surface area contributed by atoms with Gasteiger partial charge >= 0.3 is 0 Å². The Labute approximate surface area is 143 Å². The van der Waals surface area contributed by atoms with E-state index in [1.807, 2.05) is 19.2 Å². The van der Waals surface area contributed by atoms with Gasteiger partial charge in [-0.2, -0.15) is 5.10 Å². The van der Waals surface area contributed by atoms with Crippen LogP contribution < -0.4 is 10.6 Å². The van der Waals surface area contributed by atoms with Crippen LogP contribution >= 0.6 is 0 Å². The minimum Gasteiger partial charge on any atom is -0.354 e. The van der Waals surface area contributed by atoms with Gasteiger partial charge in [0.1, 0.15) is 6.33 Å². The number of guanidine groups is 1. The Hall–Kier alpha value is -2.37. The molecule has 1 aliphatic carbocycles. The average Bonchev–Trinajstić information content (AvgIpc) is 3.15. The van der Waals surface area contributed by atoms with Crippen molar-refractivity contribution >= 4 is 5.96 Å². The molecule has 0 saturated heterocycles. The maximum absolute atomic E-state index is 4.35. The summed E-state index contributed by atoms with van der Waals surface area (Å²) in [6.07, 6.45) is 6.57. The Balaban J connectivity index is 1.55. The fourth-order valence-corrected chi connectivity index (χ4v) is 3.15. The lowest BCUT2D eigenvalue weighted by atomic mass is 9.87. The molecule has 0 spiro atoms. The van der Waals surface area contributed by atoms with Crippen molar-refractivity contribution in [3.8, 4) is 11.4 Å². The van der Waals surface area contributed by atoms with Crippen LogP contribution in [-0.4, -0.2) is 34.2 Å². The quantitative estimate of drug-likeness (QED) is 0.596. The van der Waals surface area contributed by atoms with Crippen LogP contribution in [0.4, 0.5) is 0 Å². The number of rotatable bonds is 4. The largest absolute Gasteiger partial charge is 0.354 e. The lowest BCUT2D eigenvalue weighted by Gasteiger charge is -2.28. The highest BCUT2D eigenvalue weighted by molar-refractivity contribution is 5.80. The second kappa shape index (κ2) is 7.95. The first-order valence-corrected chi connectivity index (χ1v) is 8.66. The number of aromatic amines is 1. The summed E-state index contributed by atoms with van der Waals surface area (Å²) in [7, 11) is 1.83. The van der Waals surface area contributed by atoms with Crippen LogP contribution in [0.3, 0.4) is 0 Å². The van der Waals surface area contributed by atoms with Crippen LogP contribution in [0.25, 0.3) is 11.4 Å². The zero-order valence-corrected chi connectivity index (χ0v) is 14.4. The van der Waals surface area contributed by atoms with E-state index in [9.17, 15) is 0 Å². The van der Waals surface area contributed by atoms with Crippen LogP contribution in [0.1, 0.15) is 38.2 Å². The second-order valence-electron chi connectivity index (χ2n) is 6.56. The zero-order valence-electron chi connectivity index (χ0n) is 14.4. The minimum atomic E-state index is 0.535. The molecule has 0 radical (unpaired) electrons. The first-order chi connectivity index (χ1) is 11.7. The summed E-state index contributed by atoms with van der Waals surface area (Å²) in [5.74, 6) is 2.52. The van der Waals surface area contributed by atoms with Gasteiger partial charge in [0.15, 0.2) is 11.8 Å². The molecule has 1 heterocycles. The molecule has 1 aromatic heterocycles. The summed E-state index contributed by atoms with van der Waals surface area (Å²) in [5.41, 5.74) is 2.22. The summed E-state index contributed by atoms with van der Waals surface area (Å²) >= 11 is 0. The lowest BCUT2D eigenvalue weighted by molar-refractivity contribution is 0.329. The van der Waals surface area contributed by atoms with Crippen molar-refractivity contribution in [2.24, 2.45) is 10.9 Å². The SMILES string of the molecule is CN=C(NCc1cccc(-c2ncn[nH]2)c1)NC1CCC(C)CC1. The number of hydrogen-bond acceptors (Lipinski definition) is 3. The molecule has 0 amide bonds. The molecule has 1 fully saturated rings. The van der Waals surface area contributed by atoms with E-state index in [0.29, 0.717) is 6.04 Å². The topological polar surface area (TPSA) is 78.0 Å². The standard InChI is InChI=1S/C18H26N6/c1-13-6-8-16(9-7-13)23-18(19-2)20-11-14-4-3-5-15(10-14)17-21-12-22-24-17/h3-5,10,12-13,16H,6-9,11H2,1-2H3,(H2,19,20,23)(H,21,22,24). The molecule has 1 aromatic carbocycles. The maximum Gasteiger partial charge on any atom is 0.191 e. The van der Waals surface area contributed by atoms with E-state index in [1.165, 1.54) is 37.6 Å². The number of nitrogens with zero attached hydrogens (tertiary/aromatic N) is 3. The van der Waals surface area contributed by atoms with E-state index < -0.39 is 0 Å². The van der Waals surface area contributed by atoms with Crippen LogP contribution in [0.2, 0.25) is 0 Å². The van der Waals surface area contributed by atoms with Gasteiger partial charge in [-0.25, -0.2) is 4.98 Å². The van der Waals surface area contributed by atoms with E-state index in [0.717, 1.165) is 29.8 Å². The van der Waals surface area contributed by atoms with Crippen molar-refractivity contribution in [1.29, 1.82) is 0 Å². The highest BCUT2D eigenvalue weighted by atomic mass is 15.2. The number of aromatic nitrogens is 3. The lowest BCUT2D eigenvalue weighted by Crippen LogP contribution is -2.44. The zero-order chi connectivity index (χ0) is 16.8. The highest BCUT2D eigenvalue weighted by Crippen LogP contribution is 2.23. The normalized spacial score (nSPS) is 21.5. The summed E-state index contributed by atoms with van der Waals surface area (Å²) in [5, 5.41) is 13.8. The smallest absolute Gasteiger partial charge is 0.191 e. The monoisotopic (exact) mass is 326 g/mol. The third kappa shape index (κ3) is 4.34. The summed E-state index contributed by atoms with van der Waals surface area (Å²) in [6.45, 7) is 3.07. The van der Waals surface area contributed by atoms with Crippen molar-refractivity contribution in [3.63, 3.8) is 0 Å². The molecule has 24 heavy (non-hydrogen) atoms. The molecule has 3 N–H and O–H groups in total. The van der Waals surface area contributed by atoms with Crippen molar-refractivity contribution in [2.45, 2.75) is 45.2 Å². The highest BCUT2D eigenvalue weighted by Gasteiger charge is 2.18. The van der Waals surface area contributed by atoms with Gasteiger partial charge in [0.05, 0.1) is 0 Å². The van der Waals surface area contributed by atoms with Crippen LogP contribution in [0.15, 0.2) is 35.6 Å².